The van der Waals surface area contributed by atoms with Crippen LogP contribution >= 0.6 is 0 Å². The number of benzene rings is 2. The fraction of sp³-hybridized carbons (Fsp3) is 0.0556. The topological polar surface area (TPSA) is 33.1 Å². The summed E-state index contributed by atoms with van der Waals surface area (Å²) in [6.07, 6.45) is 1.78. The molecule has 2 aromatic carbocycles. The number of phenolic OH excluding ortho intramolecular Hbond substituents is 1. The predicted octanol–water partition coefficient (Wildman–Crippen LogP) is 3.97. The molecule has 0 radical (unpaired) electrons. The molecule has 98 valence electrons. The minimum atomic E-state index is -0.0569. The van der Waals surface area contributed by atoms with Gasteiger partial charge in [0.15, 0.2) is 0 Å². The van der Waals surface area contributed by atoms with Crippen molar-refractivity contribution < 1.29 is 5.11 Å². The Morgan fingerprint density at radius 3 is 2.15 bits per heavy atom. The van der Waals surface area contributed by atoms with Crippen LogP contribution in [0, 0.1) is 0 Å². The van der Waals surface area contributed by atoms with E-state index in [1.54, 1.807) is 12.3 Å². The van der Waals surface area contributed by atoms with Gasteiger partial charge < -0.3 is 5.11 Å². The van der Waals surface area contributed by atoms with Crippen molar-refractivity contribution in [3.05, 3.63) is 95.8 Å². The van der Waals surface area contributed by atoms with Gasteiger partial charge in [-0.2, -0.15) is 0 Å². The molecule has 2 heteroatoms. The largest absolute Gasteiger partial charge is 0.508 e. The van der Waals surface area contributed by atoms with Crippen LogP contribution in [-0.4, -0.2) is 10.1 Å². The van der Waals surface area contributed by atoms with Gasteiger partial charge in [0.25, 0.3) is 0 Å². The Hall–Kier alpha value is -2.61. The van der Waals surface area contributed by atoms with Crippen molar-refractivity contribution >= 4 is 0 Å². The molecule has 0 saturated heterocycles. The summed E-state index contributed by atoms with van der Waals surface area (Å²) in [5.41, 5.74) is 2.92. The van der Waals surface area contributed by atoms with Crippen molar-refractivity contribution in [3.63, 3.8) is 0 Å². The number of hydrogen-bond acceptors (Lipinski definition) is 2. The number of nitrogens with zero attached hydrogens (tertiary/aromatic N) is 1. The van der Waals surface area contributed by atoms with Crippen LogP contribution in [0.15, 0.2) is 79.0 Å². The summed E-state index contributed by atoms with van der Waals surface area (Å²) in [6.45, 7) is 0. The zero-order valence-electron chi connectivity index (χ0n) is 11.0. The van der Waals surface area contributed by atoms with Gasteiger partial charge in [-0.05, 0) is 23.8 Å². The Morgan fingerprint density at radius 2 is 1.45 bits per heavy atom. The van der Waals surface area contributed by atoms with Crippen LogP contribution in [0.1, 0.15) is 22.7 Å². The van der Waals surface area contributed by atoms with Gasteiger partial charge in [0.05, 0.1) is 11.6 Å². The number of aromatic hydroxyl groups is 1. The SMILES string of the molecule is Oc1ccccc1[C@H](c1ccccc1)c1ccccn1. The van der Waals surface area contributed by atoms with Crippen LogP contribution in [0.4, 0.5) is 0 Å². The lowest BCUT2D eigenvalue weighted by atomic mass is 9.87. The van der Waals surface area contributed by atoms with E-state index in [1.165, 1.54) is 0 Å². The molecule has 2 nitrogen and oxygen atoms in total. The molecule has 0 aliphatic carbocycles. The third-order valence-electron chi connectivity index (χ3n) is 3.36. The average Bonchev–Trinajstić information content (AvgIpc) is 2.52. The number of pyridine rings is 1. The molecule has 3 rings (SSSR count). The van der Waals surface area contributed by atoms with Gasteiger partial charge in [0.2, 0.25) is 0 Å². The maximum Gasteiger partial charge on any atom is 0.119 e. The van der Waals surface area contributed by atoms with Crippen LogP contribution in [0.25, 0.3) is 0 Å². The number of para-hydroxylation sites is 1. The van der Waals surface area contributed by atoms with Gasteiger partial charge in [0, 0.05) is 11.8 Å². The summed E-state index contributed by atoms with van der Waals surface area (Å²) in [5.74, 6) is 0.241. The van der Waals surface area contributed by atoms with Crippen molar-refractivity contribution in [2.45, 2.75) is 5.92 Å². The molecular weight excluding hydrogens is 246 g/mol. The second kappa shape index (κ2) is 5.57. The fourth-order valence-electron chi connectivity index (χ4n) is 2.43. The zero-order chi connectivity index (χ0) is 13.8. The summed E-state index contributed by atoms with van der Waals surface area (Å²) in [7, 11) is 0. The standard InChI is InChI=1S/C18H15NO/c20-17-12-5-4-10-15(17)18(14-8-2-1-3-9-14)16-11-6-7-13-19-16/h1-13,18,20H/t18-/m0/s1. The van der Waals surface area contributed by atoms with Crippen molar-refractivity contribution in [2.24, 2.45) is 0 Å². The highest BCUT2D eigenvalue weighted by atomic mass is 16.3. The number of hydrogen-bond donors (Lipinski definition) is 1. The maximum atomic E-state index is 10.2. The molecule has 3 aromatic rings. The smallest absolute Gasteiger partial charge is 0.119 e. The molecule has 0 aliphatic rings. The second-order valence-corrected chi connectivity index (χ2v) is 4.66. The van der Waals surface area contributed by atoms with Gasteiger partial charge >= 0.3 is 0 Å². The van der Waals surface area contributed by atoms with Gasteiger partial charge in [-0.25, -0.2) is 0 Å². The molecular formula is C18H15NO. The lowest BCUT2D eigenvalue weighted by molar-refractivity contribution is 0.467. The molecule has 0 bridgehead atoms. The molecule has 0 aliphatic heterocycles. The molecule has 0 fully saturated rings. The predicted molar refractivity (Wildman–Crippen MR) is 79.7 cm³/mol. The fourth-order valence-corrected chi connectivity index (χ4v) is 2.43. The minimum absolute atomic E-state index is 0.0569. The molecule has 0 amide bonds. The lowest BCUT2D eigenvalue weighted by Gasteiger charge is -2.18. The minimum Gasteiger partial charge on any atom is -0.508 e. The molecule has 0 unspecified atom stereocenters. The van der Waals surface area contributed by atoms with E-state index in [9.17, 15) is 5.11 Å². The Labute approximate surface area is 118 Å². The Bertz CT molecular complexity index is 641. The maximum absolute atomic E-state index is 10.2. The van der Waals surface area contributed by atoms with E-state index in [4.69, 9.17) is 0 Å². The molecule has 1 atom stereocenters. The van der Waals surface area contributed by atoms with E-state index in [2.05, 4.69) is 17.1 Å². The number of phenols is 1. The molecule has 20 heavy (non-hydrogen) atoms. The first-order valence-corrected chi connectivity index (χ1v) is 6.60. The van der Waals surface area contributed by atoms with Crippen molar-refractivity contribution in [1.82, 2.24) is 4.98 Å². The summed E-state index contributed by atoms with van der Waals surface area (Å²) in [6, 6.07) is 23.4. The average molecular weight is 261 g/mol. The van der Waals surface area contributed by atoms with Crippen LogP contribution in [0.5, 0.6) is 5.75 Å². The normalized spacial score (nSPS) is 12.0. The van der Waals surface area contributed by atoms with Crippen LogP contribution in [0.2, 0.25) is 0 Å². The van der Waals surface area contributed by atoms with Gasteiger partial charge in [-0.1, -0.05) is 54.6 Å². The molecule has 0 spiro atoms. The highest BCUT2D eigenvalue weighted by Gasteiger charge is 2.20. The Kier molecular flexibility index (Phi) is 3.46. The summed E-state index contributed by atoms with van der Waals surface area (Å²) >= 11 is 0. The summed E-state index contributed by atoms with van der Waals surface area (Å²) in [5, 5.41) is 10.2. The van der Waals surface area contributed by atoms with Gasteiger partial charge in [-0.3, -0.25) is 4.98 Å². The first kappa shape index (κ1) is 12.4. The molecule has 0 saturated carbocycles. The van der Waals surface area contributed by atoms with E-state index < -0.39 is 0 Å². The molecule has 1 N–H and O–H groups in total. The third kappa shape index (κ3) is 2.41. The number of rotatable bonds is 3. The third-order valence-corrected chi connectivity index (χ3v) is 3.36. The van der Waals surface area contributed by atoms with Gasteiger partial charge in [-0.15, -0.1) is 0 Å². The first-order valence-electron chi connectivity index (χ1n) is 6.60. The van der Waals surface area contributed by atoms with Crippen molar-refractivity contribution in [3.8, 4) is 5.75 Å². The van der Waals surface area contributed by atoms with Crippen LogP contribution in [0.3, 0.4) is 0 Å². The lowest BCUT2D eigenvalue weighted by Crippen LogP contribution is -2.05. The van der Waals surface area contributed by atoms with Crippen LogP contribution < -0.4 is 0 Å². The highest BCUT2D eigenvalue weighted by Crippen LogP contribution is 2.35. The van der Waals surface area contributed by atoms with E-state index in [0.29, 0.717) is 5.75 Å². The number of aromatic nitrogens is 1. The Morgan fingerprint density at radius 1 is 0.750 bits per heavy atom. The van der Waals surface area contributed by atoms with E-state index in [0.717, 1.165) is 16.8 Å². The Balaban J connectivity index is 2.17. The van der Waals surface area contributed by atoms with Crippen LogP contribution in [-0.2, 0) is 0 Å². The van der Waals surface area contributed by atoms with E-state index in [-0.39, 0.29) is 5.92 Å². The summed E-state index contributed by atoms with van der Waals surface area (Å²) < 4.78 is 0. The highest BCUT2D eigenvalue weighted by molar-refractivity contribution is 5.46. The first-order chi connectivity index (χ1) is 9.86. The monoisotopic (exact) mass is 261 g/mol. The van der Waals surface area contributed by atoms with E-state index in [1.807, 2.05) is 54.6 Å². The second-order valence-electron chi connectivity index (χ2n) is 4.66. The molecule has 1 aromatic heterocycles. The molecule has 1 heterocycles. The zero-order valence-corrected chi connectivity index (χ0v) is 11.0. The van der Waals surface area contributed by atoms with E-state index >= 15 is 0 Å². The quantitative estimate of drug-likeness (QED) is 0.774. The van der Waals surface area contributed by atoms with Gasteiger partial charge in [0.1, 0.15) is 5.75 Å². The summed E-state index contributed by atoms with van der Waals surface area (Å²) in [4.78, 5) is 4.46. The van der Waals surface area contributed by atoms with Crippen molar-refractivity contribution in [1.29, 1.82) is 0 Å². The van der Waals surface area contributed by atoms with Crippen molar-refractivity contribution in [2.75, 3.05) is 0 Å².